The van der Waals surface area contributed by atoms with E-state index in [1.165, 1.54) is 6.92 Å². The average Bonchev–Trinajstić information content (AvgIpc) is 1.98. The van der Waals surface area contributed by atoms with Gasteiger partial charge in [-0.25, -0.2) is 9.59 Å². The van der Waals surface area contributed by atoms with Crippen LogP contribution in [0.15, 0.2) is 12.2 Å². The summed E-state index contributed by atoms with van der Waals surface area (Å²) in [5, 5.41) is 16.3. The van der Waals surface area contributed by atoms with Crippen molar-refractivity contribution in [3.63, 3.8) is 0 Å². The van der Waals surface area contributed by atoms with E-state index >= 15 is 0 Å². The molecule has 0 aliphatic carbocycles. The SMILES string of the molecule is C[C@H](/C=C\C(=O)O)C(=O)C(=O)O. The fourth-order valence-corrected chi connectivity index (χ4v) is 0.509. The zero-order valence-corrected chi connectivity index (χ0v) is 6.35. The molecule has 0 aromatic carbocycles. The summed E-state index contributed by atoms with van der Waals surface area (Å²) in [5.74, 6) is -4.69. The summed E-state index contributed by atoms with van der Waals surface area (Å²) in [5.41, 5.74) is 0. The highest BCUT2D eigenvalue weighted by molar-refractivity contribution is 6.33. The van der Waals surface area contributed by atoms with Gasteiger partial charge in [-0.15, -0.1) is 0 Å². The molecule has 66 valence electrons. The Hall–Kier alpha value is -1.65. The normalized spacial score (nSPS) is 12.8. The Kier molecular flexibility index (Phi) is 3.69. The predicted octanol–water partition coefficient (Wildman–Crippen LogP) is -0.0830. The Morgan fingerprint density at radius 2 is 1.75 bits per heavy atom. The molecule has 0 rings (SSSR count). The van der Waals surface area contributed by atoms with Gasteiger partial charge in [-0.1, -0.05) is 13.0 Å². The van der Waals surface area contributed by atoms with Crippen molar-refractivity contribution >= 4 is 17.7 Å². The minimum Gasteiger partial charge on any atom is -0.478 e. The van der Waals surface area contributed by atoms with Gasteiger partial charge in [-0.05, 0) is 0 Å². The molecule has 1 atom stereocenters. The lowest BCUT2D eigenvalue weighted by Crippen LogP contribution is -2.19. The molecule has 0 aliphatic rings. The third kappa shape index (κ3) is 3.50. The zero-order valence-electron chi connectivity index (χ0n) is 6.35. The van der Waals surface area contributed by atoms with Gasteiger partial charge in [0.25, 0.3) is 0 Å². The fraction of sp³-hybridized carbons (Fsp3) is 0.286. The Bertz CT molecular complexity index is 240. The maximum Gasteiger partial charge on any atom is 0.372 e. The topological polar surface area (TPSA) is 91.7 Å². The summed E-state index contributed by atoms with van der Waals surface area (Å²) in [4.78, 5) is 30.6. The number of carboxylic acid groups (broad SMARTS) is 2. The van der Waals surface area contributed by atoms with Gasteiger partial charge < -0.3 is 10.2 Å². The second-order valence-electron chi connectivity index (χ2n) is 2.16. The van der Waals surface area contributed by atoms with Crippen molar-refractivity contribution in [2.24, 2.45) is 5.92 Å². The van der Waals surface area contributed by atoms with E-state index in [0.29, 0.717) is 0 Å². The second-order valence-corrected chi connectivity index (χ2v) is 2.16. The molecule has 5 heteroatoms. The van der Waals surface area contributed by atoms with E-state index in [-0.39, 0.29) is 0 Å². The lowest BCUT2D eigenvalue weighted by molar-refractivity contribution is -0.150. The van der Waals surface area contributed by atoms with E-state index in [1.54, 1.807) is 0 Å². The Morgan fingerprint density at radius 1 is 1.25 bits per heavy atom. The van der Waals surface area contributed by atoms with Crippen LogP contribution in [0, 0.1) is 5.92 Å². The Balaban J connectivity index is 4.22. The molecule has 0 aliphatic heterocycles. The predicted molar refractivity (Wildman–Crippen MR) is 38.6 cm³/mol. The van der Waals surface area contributed by atoms with Crippen molar-refractivity contribution in [3.05, 3.63) is 12.2 Å². The van der Waals surface area contributed by atoms with Gasteiger partial charge in [0.1, 0.15) is 0 Å². The quantitative estimate of drug-likeness (QED) is 0.457. The molecule has 5 nitrogen and oxygen atoms in total. The van der Waals surface area contributed by atoms with Gasteiger partial charge in [-0.3, -0.25) is 4.79 Å². The number of allylic oxidation sites excluding steroid dienone is 1. The van der Waals surface area contributed by atoms with Crippen LogP contribution in [0.25, 0.3) is 0 Å². The van der Waals surface area contributed by atoms with Gasteiger partial charge in [-0.2, -0.15) is 0 Å². The van der Waals surface area contributed by atoms with Crippen molar-refractivity contribution in [3.8, 4) is 0 Å². The first-order valence-corrected chi connectivity index (χ1v) is 3.13. The van der Waals surface area contributed by atoms with Gasteiger partial charge in [0.05, 0.1) is 0 Å². The summed E-state index contributed by atoms with van der Waals surface area (Å²) in [6.07, 6.45) is 1.77. The number of aliphatic carboxylic acids is 2. The number of carboxylic acids is 2. The molecule has 0 saturated heterocycles. The highest BCUT2D eigenvalue weighted by atomic mass is 16.4. The molecular formula is C7H8O5. The third-order valence-corrected chi connectivity index (χ3v) is 1.15. The summed E-state index contributed by atoms with van der Waals surface area (Å²) < 4.78 is 0. The summed E-state index contributed by atoms with van der Waals surface area (Å²) in [6.45, 7) is 1.32. The molecule has 0 bridgehead atoms. The number of rotatable bonds is 4. The fourth-order valence-electron chi connectivity index (χ4n) is 0.509. The maximum atomic E-state index is 10.6. The highest BCUT2D eigenvalue weighted by Gasteiger charge is 2.17. The monoisotopic (exact) mass is 172 g/mol. The van der Waals surface area contributed by atoms with E-state index < -0.39 is 23.6 Å². The van der Waals surface area contributed by atoms with E-state index in [0.717, 1.165) is 12.2 Å². The van der Waals surface area contributed by atoms with Crippen molar-refractivity contribution < 1.29 is 24.6 Å². The lowest BCUT2D eigenvalue weighted by atomic mass is 10.1. The van der Waals surface area contributed by atoms with E-state index in [4.69, 9.17) is 10.2 Å². The molecule has 0 unspecified atom stereocenters. The minimum absolute atomic E-state index is 0.742. The second kappa shape index (κ2) is 4.27. The van der Waals surface area contributed by atoms with Crippen molar-refractivity contribution in [2.75, 3.05) is 0 Å². The van der Waals surface area contributed by atoms with Crippen LogP contribution >= 0.6 is 0 Å². The number of carbonyl (C=O) groups is 3. The molecule has 0 radical (unpaired) electrons. The molecule has 0 amide bonds. The van der Waals surface area contributed by atoms with Crippen LogP contribution in [0.4, 0.5) is 0 Å². The van der Waals surface area contributed by atoms with Crippen molar-refractivity contribution in [1.29, 1.82) is 0 Å². The standard InChI is InChI=1S/C7H8O5/c1-4(2-3-5(8)9)6(10)7(11)12/h2-4H,1H3,(H,8,9)(H,11,12)/b3-2-/t4-/m1/s1. The Morgan fingerprint density at radius 3 is 2.08 bits per heavy atom. The van der Waals surface area contributed by atoms with Crippen LogP contribution in [-0.2, 0) is 14.4 Å². The van der Waals surface area contributed by atoms with Gasteiger partial charge in [0, 0.05) is 12.0 Å². The van der Waals surface area contributed by atoms with Crippen LogP contribution in [0.3, 0.4) is 0 Å². The Labute approximate surface area is 68.3 Å². The van der Waals surface area contributed by atoms with Crippen LogP contribution in [0.2, 0.25) is 0 Å². The third-order valence-electron chi connectivity index (χ3n) is 1.15. The lowest BCUT2D eigenvalue weighted by Gasteiger charge is -1.97. The molecule has 2 N–H and O–H groups in total. The zero-order chi connectivity index (χ0) is 9.72. The molecule has 0 heterocycles. The highest BCUT2D eigenvalue weighted by Crippen LogP contribution is 1.98. The maximum absolute atomic E-state index is 10.6. The van der Waals surface area contributed by atoms with Gasteiger partial charge in [0.2, 0.25) is 5.78 Å². The van der Waals surface area contributed by atoms with E-state index in [9.17, 15) is 14.4 Å². The van der Waals surface area contributed by atoms with Crippen molar-refractivity contribution in [2.45, 2.75) is 6.92 Å². The van der Waals surface area contributed by atoms with Crippen LogP contribution < -0.4 is 0 Å². The molecular weight excluding hydrogens is 164 g/mol. The molecule has 12 heavy (non-hydrogen) atoms. The average molecular weight is 172 g/mol. The summed E-state index contributed by atoms with van der Waals surface area (Å²) in [7, 11) is 0. The van der Waals surface area contributed by atoms with Crippen molar-refractivity contribution in [1.82, 2.24) is 0 Å². The first-order chi connectivity index (χ1) is 5.45. The van der Waals surface area contributed by atoms with Crippen LogP contribution in [-0.4, -0.2) is 27.9 Å². The molecule has 0 aromatic rings. The first-order valence-electron chi connectivity index (χ1n) is 3.13. The first kappa shape index (κ1) is 10.3. The number of Topliss-reactive ketones (excluding diaryl/α,β-unsaturated/α-hetero) is 1. The number of hydrogen-bond acceptors (Lipinski definition) is 3. The van der Waals surface area contributed by atoms with Gasteiger partial charge in [0.15, 0.2) is 0 Å². The van der Waals surface area contributed by atoms with Gasteiger partial charge >= 0.3 is 11.9 Å². The van der Waals surface area contributed by atoms with Crippen LogP contribution in [0.5, 0.6) is 0 Å². The minimum atomic E-state index is -1.56. The summed E-state index contributed by atoms with van der Waals surface area (Å²) >= 11 is 0. The molecule has 0 saturated carbocycles. The van der Waals surface area contributed by atoms with E-state index in [2.05, 4.69) is 0 Å². The largest absolute Gasteiger partial charge is 0.478 e. The molecule has 0 fully saturated rings. The number of hydrogen-bond donors (Lipinski definition) is 2. The molecule has 0 spiro atoms. The van der Waals surface area contributed by atoms with E-state index in [1.807, 2.05) is 0 Å². The summed E-state index contributed by atoms with van der Waals surface area (Å²) in [6, 6.07) is 0. The number of ketones is 1. The van der Waals surface area contributed by atoms with Crippen LogP contribution in [0.1, 0.15) is 6.92 Å². The smallest absolute Gasteiger partial charge is 0.372 e. The molecule has 0 aromatic heterocycles. The number of carbonyl (C=O) groups excluding carboxylic acids is 1.